The summed E-state index contributed by atoms with van der Waals surface area (Å²) in [6.07, 6.45) is 1.28. The molecule has 3 atom stereocenters. The summed E-state index contributed by atoms with van der Waals surface area (Å²) in [7, 11) is 1.19. The van der Waals surface area contributed by atoms with Crippen LogP contribution in [0.1, 0.15) is 11.8 Å². The van der Waals surface area contributed by atoms with Crippen LogP contribution in [0, 0.1) is 5.92 Å². The molecule has 0 amide bonds. The van der Waals surface area contributed by atoms with Crippen molar-refractivity contribution in [2.75, 3.05) is 20.3 Å². The summed E-state index contributed by atoms with van der Waals surface area (Å²) in [5.74, 6) is -1.17. The van der Waals surface area contributed by atoms with Gasteiger partial charge < -0.3 is 19.7 Å². The Kier molecular flexibility index (Phi) is 4.91. The molecule has 1 aromatic heterocycles. The van der Waals surface area contributed by atoms with Gasteiger partial charge in [0.05, 0.1) is 25.9 Å². The molecule has 3 N–H and O–H groups in total. The van der Waals surface area contributed by atoms with Gasteiger partial charge in [-0.25, -0.2) is 9.59 Å². The molecule has 0 aliphatic carbocycles. The predicted octanol–water partition coefficient (Wildman–Crippen LogP) is -1.78. The summed E-state index contributed by atoms with van der Waals surface area (Å²) < 4.78 is 10.7. The Labute approximate surface area is 124 Å². The van der Waals surface area contributed by atoms with Crippen LogP contribution >= 0.6 is 0 Å². The average molecular weight is 312 g/mol. The van der Waals surface area contributed by atoms with Crippen molar-refractivity contribution in [3.05, 3.63) is 38.7 Å². The minimum Gasteiger partial charge on any atom is -0.466 e. The fraction of sp³-hybridized carbons (Fsp3) is 0.462. The summed E-state index contributed by atoms with van der Waals surface area (Å²) in [4.78, 5) is 36.7. The molecule has 1 fully saturated rings. The highest BCUT2D eigenvalue weighted by Crippen LogP contribution is 2.27. The summed E-state index contributed by atoms with van der Waals surface area (Å²) in [5, 5.41) is 19.1. The summed E-state index contributed by atoms with van der Waals surface area (Å²) >= 11 is 0. The quantitative estimate of drug-likeness (QED) is 0.442. The number of nitrogens with one attached hydrogen (secondary N) is 1. The summed E-state index contributed by atoms with van der Waals surface area (Å²) in [5.41, 5.74) is -1.43. The van der Waals surface area contributed by atoms with Crippen molar-refractivity contribution in [2.24, 2.45) is 5.92 Å². The van der Waals surface area contributed by atoms with Crippen molar-refractivity contribution in [3.8, 4) is 0 Å². The van der Waals surface area contributed by atoms with E-state index in [1.54, 1.807) is 0 Å². The number of H-pyrrole nitrogens is 1. The molecule has 2 rings (SSSR count). The minimum atomic E-state index is -1.09. The van der Waals surface area contributed by atoms with Crippen molar-refractivity contribution in [2.45, 2.75) is 12.3 Å². The van der Waals surface area contributed by atoms with E-state index in [4.69, 9.17) is 9.84 Å². The van der Waals surface area contributed by atoms with Crippen LogP contribution in [0.4, 0.5) is 0 Å². The second kappa shape index (κ2) is 6.69. The van der Waals surface area contributed by atoms with Crippen molar-refractivity contribution in [1.29, 1.82) is 0 Å². The zero-order valence-electron chi connectivity index (χ0n) is 11.8. The van der Waals surface area contributed by atoms with Gasteiger partial charge in [-0.1, -0.05) is 0 Å². The first-order chi connectivity index (χ1) is 10.5. The molecule has 9 heteroatoms. The first-order valence-corrected chi connectivity index (χ1v) is 6.50. The van der Waals surface area contributed by atoms with E-state index in [0.717, 1.165) is 10.6 Å². The number of aromatic amines is 1. The molecule has 1 aliphatic heterocycles. The van der Waals surface area contributed by atoms with Gasteiger partial charge in [0.2, 0.25) is 0 Å². The molecule has 0 spiro atoms. The fourth-order valence-corrected chi connectivity index (χ4v) is 2.09. The maximum absolute atomic E-state index is 11.9. The van der Waals surface area contributed by atoms with Gasteiger partial charge in [0, 0.05) is 18.2 Å². The number of ether oxygens (including phenoxy) is 2. The van der Waals surface area contributed by atoms with Gasteiger partial charge in [-0.2, -0.15) is 0 Å². The molecule has 0 bridgehead atoms. The number of aromatic nitrogens is 2. The van der Waals surface area contributed by atoms with Gasteiger partial charge in [0.15, 0.2) is 6.23 Å². The van der Waals surface area contributed by atoms with Crippen LogP contribution in [0.15, 0.2) is 21.9 Å². The van der Waals surface area contributed by atoms with E-state index in [2.05, 4.69) is 9.72 Å². The number of hydrogen-bond donors (Lipinski definition) is 3. The zero-order valence-corrected chi connectivity index (χ0v) is 11.8. The van der Waals surface area contributed by atoms with Crippen LogP contribution in [0.5, 0.6) is 0 Å². The Hall–Kier alpha value is -2.23. The lowest BCUT2D eigenvalue weighted by Gasteiger charge is -2.18. The first-order valence-electron chi connectivity index (χ1n) is 6.50. The fourth-order valence-electron chi connectivity index (χ4n) is 2.09. The second-order valence-electron chi connectivity index (χ2n) is 4.76. The maximum atomic E-state index is 11.9. The third-order valence-corrected chi connectivity index (χ3v) is 3.36. The molecule has 0 aromatic carbocycles. The molecule has 22 heavy (non-hydrogen) atoms. The van der Waals surface area contributed by atoms with Gasteiger partial charge in [-0.05, 0) is 6.08 Å². The third-order valence-electron chi connectivity index (χ3n) is 3.36. The number of aliphatic hydroxyl groups is 2. The molecule has 1 saturated heterocycles. The normalized spacial score (nSPS) is 24.8. The average Bonchev–Trinajstić information content (AvgIpc) is 2.87. The van der Waals surface area contributed by atoms with Crippen LogP contribution in [-0.4, -0.2) is 52.2 Å². The number of hydrogen-bond acceptors (Lipinski definition) is 7. The molecule has 0 unspecified atom stereocenters. The van der Waals surface area contributed by atoms with E-state index in [1.807, 2.05) is 0 Å². The third kappa shape index (κ3) is 3.16. The van der Waals surface area contributed by atoms with Crippen LogP contribution in [0.2, 0.25) is 0 Å². The maximum Gasteiger partial charge on any atom is 0.330 e. The lowest BCUT2D eigenvalue weighted by atomic mass is 10.1. The first kappa shape index (κ1) is 16.1. The molecule has 120 valence electrons. The smallest absolute Gasteiger partial charge is 0.330 e. The van der Waals surface area contributed by atoms with E-state index in [9.17, 15) is 19.5 Å². The predicted molar refractivity (Wildman–Crippen MR) is 73.9 cm³/mol. The Morgan fingerprint density at radius 3 is 2.91 bits per heavy atom. The van der Waals surface area contributed by atoms with Crippen LogP contribution in [0.3, 0.4) is 0 Å². The molecule has 1 aromatic rings. The highest BCUT2D eigenvalue weighted by Gasteiger charge is 2.37. The number of methoxy groups -OCH3 is 1. The highest BCUT2D eigenvalue weighted by atomic mass is 16.5. The SMILES string of the molecule is COC(=O)/C=C/c1cn([C@@H]2OC[C@H](CO)[C@@H]2O)c(=O)[nH]c1=O. The lowest BCUT2D eigenvalue weighted by molar-refractivity contribution is -0.134. The number of aliphatic hydroxyl groups excluding tert-OH is 2. The van der Waals surface area contributed by atoms with E-state index in [0.29, 0.717) is 0 Å². The monoisotopic (exact) mass is 312 g/mol. The molecule has 1 aliphatic rings. The molecule has 2 heterocycles. The zero-order chi connectivity index (χ0) is 16.3. The Morgan fingerprint density at radius 2 is 2.32 bits per heavy atom. The van der Waals surface area contributed by atoms with Crippen molar-refractivity contribution in [3.63, 3.8) is 0 Å². The van der Waals surface area contributed by atoms with Crippen molar-refractivity contribution >= 4 is 12.0 Å². The standard InChI is InChI=1S/C13H16N2O7/c1-21-9(17)3-2-7-4-15(13(20)14-11(7)19)12-10(18)8(5-16)6-22-12/h2-4,8,10,12,16,18H,5-6H2,1H3,(H,14,19,20)/b3-2+/t8-,10-,12+/m0/s1. The van der Waals surface area contributed by atoms with Crippen molar-refractivity contribution in [1.82, 2.24) is 9.55 Å². The van der Waals surface area contributed by atoms with Crippen LogP contribution in [0.25, 0.3) is 6.08 Å². The van der Waals surface area contributed by atoms with Gasteiger partial charge >= 0.3 is 11.7 Å². The van der Waals surface area contributed by atoms with Gasteiger partial charge in [-0.3, -0.25) is 14.3 Å². The second-order valence-corrected chi connectivity index (χ2v) is 4.76. The Bertz CT molecular complexity index is 690. The molecule has 9 nitrogen and oxygen atoms in total. The number of nitrogens with zero attached hydrogens (tertiary/aromatic N) is 1. The summed E-state index contributed by atoms with van der Waals surface area (Å²) in [6, 6.07) is 0. The van der Waals surface area contributed by atoms with Gasteiger partial charge in [0.1, 0.15) is 6.10 Å². The highest BCUT2D eigenvalue weighted by molar-refractivity contribution is 5.86. The van der Waals surface area contributed by atoms with Gasteiger partial charge in [-0.15, -0.1) is 0 Å². The van der Waals surface area contributed by atoms with Crippen LogP contribution in [-0.2, 0) is 14.3 Å². The van der Waals surface area contributed by atoms with E-state index >= 15 is 0 Å². The van der Waals surface area contributed by atoms with E-state index in [-0.39, 0.29) is 18.8 Å². The van der Waals surface area contributed by atoms with Crippen molar-refractivity contribution < 1.29 is 24.5 Å². The summed E-state index contributed by atoms with van der Waals surface area (Å²) in [6.45, 7) is -0.202. The number of esters is 1. The lowest BCUT2D eigenvalue weighted by Crippen LogP contribution is -2.37. The number of carbonyl (C=O) groups excluding carboxylic acids is 1. The van der Waals surface area contributed by atoms with Gasteiger partial charge in [0.25, 0.3) is 5.56 Å². The largest absolute Gasteiger partial charge is 0.466 e. The molecular weight excluding hydrogens is 296 g/mol. The van der Waals surface area contributed by atoms with E-state index in [1.165, 1.54) is 19.4 Å². The van der Waals surface area contributed by atoms with Crippen LogP contribution < -0.4 is 11.2 Å². The minimum absolute atomic E-state index is 0.0215. The van der Waals surface area contributed by atoms with E-state index < -0.39 is 35.5 Å². The Morgan fingerprint density at radius 1 is 1.59 bits per heavy atom. The molecule has 0 radical (unpaired) electrons. The topological polar surface area (TPSA) is 131 Å². The number of carbonyl (C=O) groups is 1. The molecular formula is C13H16N2O7. The molecule has 0 saturated carbocycles. The number of rotatable bonds is 4. The Balaban J connectivity index is 2.37.